The number of carbonyl (C=O) groups excluding carboxylic acids is 1. The van der Waals surface area contributed by atoms with Gasteiger partial charge in [-0.25, -0.2) is 0 Å². The van der Waals surface area contributed by atoms with Gasteiger partial charge >= 0.3 is 0 Å². The van der Waals surface area contributed by atoms with Crippen LogP contribution < -0.4 is 11.1 Å². The van der Waals surface area contributed by atoms with Crippen LogP contribution in [0.1, 0.15) is 25.8 Å². The van der Waals surface area contributed by atoms with Gasteiger partial charge in [0.05, 0.1) is 16.6 Å². The summed E-state index contributed by atoms with van der Waals surface area (Å²) in [6.45, 7) is 6.47. The summed E-state index contributed by atoms with van der Waals surface area (Å²) in [5.74, 6) is 0.220. The zero-order valence-corrected chi connectivity index (χ0v) is 11.9. The van der Waals surface area contributed by atoms with Crippen molar-refractivity contribution in [3.8, 4) is 0 Å². The molecule has 1 aromatic carbocycles. The van der Waals surface area contributed by atoms with Crippen molar-refractivity contribution >= 4 is 23.2 Å². The molecule has 0 aromatic heterocycles. The molecule has 0 radical (unpaired) electrons. The quantitative estimate of drug-likeness (QED) is 0.862. The molecule has 3 nitrogen and oxygen atoms in total. The van der Waals surface area contributed by atoms with Crippen LogP contribution >= 0.6 is 11.6 Å². The minimum absolute atomic E-state index is 0.0568. The lowest BCUT2D eigenvalue weighted by Gasteiger charge is -2.17. The average molecular weight is 269 g/mol. The highest BCUT2D eigenvalue weighted by Gasteiger charge is 2.19. The van der Waals surface area contributed by atoms with Gasteiger partial charge in [-0.3, -0.25) is 4.79 Å². The van der Waals surface area contributed by atoms with Crippen LogP contribution in [0.2, 0.25) is 5.02 Å². The Morgan fingerprint density at radius 2 is 2.11 bits per heavy atom. The molecule has 100 valence electrons. The van der Waals surface area contributed by atoms with E-state index in [-0.39, 0.29) is 11.8 Å². The van der Waals surface area contributed by atoms with Crippen molar-refractivity contribution in [1.82, 2.24) is 0 Å². The SMILES string of the molecule is Cc1ccc(Cl)c(NC(=O)C(CN)CC(C)C)c1. The van der Waals surface area contributed by atoms with Gasteiger partial charge in [-0.05, 0) is 37.0 Å². The van der Waals surface area contributed by atoms with Gasteiger partial charge in [0.25, 0.3) is 0 Å². The van der Waals surface area contributed by atoms with E-state index in [0.29, 0.717) is 23.2 Å². The number of hydrogen-bond donors (Lipinski definition) is 2. The Bertz CT molecular complexity index is 418. The number of halogens is 1. The summed E-state index contributed by atoms with van der Waals surface area (Å²) in [6, 6.07) is 5.56. The zero-order chi connectivity index (χ0) is 13.7. The van der Waals surface area contributed by atoms with Gasteiger partial charge < -0.3 is 11.1 Å². The van der Waals surface area contributed by atoms with Crippen molar-refractivity contribution < 1.29 is 4.79 Å². The summed E-state index contributed by atoms with van der Waals surface area (Å²) in [6.07, 6.45) is 0.784. The van der Waals surface area contributed by atoms with Gasteiger partial charge in [-0.1, -0.05) is 31.5 Å². The lowest BCUT2D eigenvalue weighted by molar-refractivity contribution is -0.120. The first-order chi connectivity index (χ1) is 8.43. The van der Waals surface area contributed by atoms with E-state index in [1.54, 1.807) is 6.07 Å². The molecule has 3 N–H and O–H groups in total. The highest BCUT2D eigenvalue weighted by Crippen LogP contribution is 2.24. The van der Waals surface area contributed by atoms with E-state index in [0.717, 1.165) is 12.0 Å². The molecule has 0 saturated heterocycles. The lowest BCUT2D eigenvalue weighted by atomic mass is 9.96. The van der Waals surface area contributed by atoms with Crippen LogP contribution in [0.25, 0.3) is 0 Å². The number of rotatable bonds is 5. The third-order valence-corrected chi connectivity index (χ3v) is 3.12. The summed E-state index contributed by atoms with van der Waals surface area (Å²) < 4.78 is 0. The highest BCUT2D eigenvalue weighted by molar-refractivity contribution is 6.33. The fraction of sp³-hybridized carbons (Fsp3) is 0.500. The van der Waals surface area contributed by atoms with Crippen LogP contribution in [0.5, 0.6) is 0 Å². The third kappa shape index (κ3) is 4.31. The fourth-order valence-corrected chi connectivity index (χ4v) is 2.01. The van der Waals surface area contributed by atoms with Crippen LogP contribution in [0, 0.1) is 18.8 Å². The van der Waals surface area contributed by atoms with Crippen molar-refractivity contribution in [2.45, 2.75) is 27.2 Å². The Balaban J connectivity index is 2.76. The van der Waals surface area contributed by atoms with E-state index in [4.69, 9.17) is 17.3 Å². The average Bonchev–Trinajstić information content (AvgIpc) is 2.30. The molecule has 1 aromatic rings. The van der Waals surface area contributed by atoms with Gasteiger partial charge in [-0.2, -0.15) is 0 Å². The Hall–Kier alpha value is -1.06. The molecule has 18 heavy (non-hydrogen) atoms. The monoisotopic (exact) mass is 268 g/mol. The summed E-state index contributed by atoms with van der Waals surface area (Å²) in [5.41, 5.74) is 7.36. The molecule has 0 spiro atoms. The van der Waals surface area contributed by atoms with E-state index in [2.05, 4.69) is 19.2 Å². The molecule has 0 heterocycles. The highest BCUT2D eigenvalue weighted by atomic mass is 35.5. The molecule has 0 saturated carbocycles. The van der Waals surface area contributed by atoms with E-state index in [1.807, 2.05) is 19.1 Å². The first kappa shape index (κ1) is 15.0. The number of nitrogens with two attached hydrogens (primary N) is 1. The standard InChI is InChI=1S/C14H21ClN2O/c1-9(2)6-11(8-16)14(18)17-13-7-10(3)4-5-12(13)15/h4-5,7,9,11H,6,8,16H2,1-3H3,(H,17,18). The van der Waals surface area contributed by atoms with Crippen molar-refractivity contribution in [3.63, 3.8) is 0 Å². The van der Waals surface area contributed by atoms with E-state index in [9.17, 15) is 4.79 Å². The van der Waals surface area contributed by atoms with Crippen LogP contribution in [-0.4, -0.2) is 12.5 Å². The summed E-state index contributed by atoms with van der Waals surface area (Å²) >= 11 is 6.05. The van der Waals surface area contributed by atoms with Crippen molar-refractivity contribution in [1.29, 1.82) is 0 Å². The van der Waals surface area contributed by atoms with E-state index >= 15 is 0 Å². The topological polar surface area (TPSA) is 55.1 Å². The Morgan fingerprint density at radius 1 is 1.44 bits per heavy atom. The molecule has 4 heteroatoms. The number of aryl methyl sites for hydroxylation is 1. The molecular formula is C14H21ClN2O. The van der Waals surface area contributed by atoms with Crippen LogP contribution in [0.15, 0.2) is 18.2 Å². The molecule has 1 amide bonds. The molecule has 1 unspecified atom stereocenters. The summed E-state index contributed by atoms with van der Waals surface area (Å²) in [4.78, 5) is 12.1. The lowest BCUT2D eigenvalue weighted by Crippen LogP contribution is -2.30. The number of carbonyl (C=O) groups is 1. The molecule has 0 fully saturated rings. The third-order valence-electron chi connectivity index (χ3n) is 2.79. The first-order valence-corrected chi connectivity index (χ1v) is 6.59. The van der Waals surface area contributed by atoms with Gasteiger partial charge in [0.15, 0.2) is 0 Å². The smallest absolute Gasteiger partial charge is 0.228 e. The Kier molecular flexibility index (Phi) is 5.63. The Morgan fingerprint density at radius 3 is 2.67 bits per heavy atom. The number of hydrogen-bond acceptors (Lipinski definition) is 2. The first-order valence-electron chi connectivity index (χ1n) is 6.21. The molecular weight excluding hydrogens is 248 g/mol. The molecule has 0 bridgehead atoms. The molecule has 1 rings (SSSR count). The predicted octanol–water partition coefficient (Wildman–Crippen LogP) is 3.21. The molecule has 0 aliphatic heterocycles. The van der Waals surface area contributed by atoms with Gasteiger partial charge in [0, 0.05) is 6.54 Å². The summed E-state index contributed by atoms with van der Waals surface area (Å²) in [7, 11) is 0. The largest absolute Gasteiger partial charge is 0.330 e. The maximum Gasteiger partial charge on any atom is 0.228 e. The second-order valence-electron chi connectivity index (χ2n) is 5.03. The van der Waals surface area contributed by atoms with Crippen molar-refractivity contribution in [3.05, 3.63) is 28.8 Å². The molecule has 0 aliphatic carbocycles. The van der Waals surface area contributed by atoms with Gasteiger partial charge in [0.1, 0.15) is 0 Å². The number of nitrogens with one attached hydrogen (secondary N) is 1. The van der Waals surface area contributed by atoms with Crippen molar-refractivity contribution in [2.75, 3.05) is 11.9 Å². The number of anilines is 1. The number of benzene rings is 1. The Labute approximate surface area is 114 Å². The predicted molar refractivity (Wildman–Crippen MR) is 76.8 cm³/mol. The number of amides is 1. The van der Waals surface area contributed by atoms with Crippen LogP contribution in [0.4, 0.5) is 5.69 Å². The van der Waals surface area contributed by atoms with Crippen molar-refractivity contribution in [2.24, 2.45) is 17.6 Å². The normalized spacial score (nSPS) is 12.6. The second kappa shape index (κ2) is 6.76. The van der Waals surface area contributed by atoms with Gasteiger partial charge in [0.2, 0.25) is 5.91 Å². The maximum absolute atomic E-state index is 12.1. The van der Waals surface area contributed by atoms with E-state index in [1.165, 1.54) is 0 Å². The van der Waals surface area contributed by atoms with Crippen LogP contribution in [-0.2, 0) is 4.79 Å². The fourth-order valence-electron chi connectivity index (χ4n) is 1.85. The molecule has 0 aliphatic rings. The molecule has 1 atom stereocenters. The minimum atomic E-state index is -0.165. The van der Waals surface area contributed by atoms with Gasteiger partial charge in [-0.15, -0.1) is 0 Å². The van der Waals surface area contributed by atoms with Crippen LogP contribution in [0.3, 0.4) is 0 Å². The zero-order valence-electron chi connectivity index (χ0n) is 11.2. The van der Waals surface area contributed by atoms with E-state index < -0.39 is 0 Å². The maximum atomic E-state index is 12.1. The second-order valence-corrected chi connectivity index (χ2v) is 5.44. The minimum Gasteiger partial charge on any atom is -0.330 e. The summed E-state index contributed by atoms with van der Waals surface area (Å²) in [5, 5.41) is 3.41.